The number of hydrogen-bond acceptors (Lipinski definition) is 10. The number of carbonyl (C=O) groups is 4. The van der Waals surface area contributed by atoms with Crippen molar-refractivity contribution in [3.05, 3.63) is 24.3 Å². The van der Waals surface area contributed by atoms with Crippen molar-refractivity contribution in [2.75, 3.05) is 6.61 Å². The van der Waals surface area contributed by atoms with Crippen molar-refractivity contribution in [1.29, 1.82) is 0 Å². The van der Waals surface area contributed by atoms with E-state index < -0.39 is 82.1 Å². The Morgan fingerprint density at radius 2 is 1.73 bits per heavy atom. The van der Waals surface area contributed by atoms with Crippen LogP contribution in [0.1, 0.15) is 47.5 Å². The highest BCUT2D eigenvalue weighted by molar-refractivity contribution is 6.22. The molecule has 204 valence electrons. The van der Waals surface area contributed by atoms with E-state index in [2.05, 4.69) is 6.58 Å². The van der Waals surface area contributed by atoms with Crippen LogP contribution in [0.5, 0.6) is 0 Å². The van der Waals surface area contributed by atoms with Crippen LogP contribution in [0.3, 0.4) is 0 Å². The topological polar surface area (TPSA) is 138 Å². The Morgan fingerprint density at radius 1 is 1.14 bits per heavy atom. The highest BCUT2D eigenvalue weighted by Crippen LogP contribution is 2.57. The van der Waals surface area contributed by atoms with E-state index in [1.807, 2.05) is 0 Å². The lowest BCUT2D eigenvalue weighted by Crippen LogP contribution is -2.67. The van der Waals surface area contributed by atoms with Crippen LogP contribution in [0.25, 0.3) is 0 Å². The zero-order chi connectivity index (χ0) is 27.5. The first-order chi connectivity index (χ1) is 17.2. The molecule has 0 unspecified atom stereocenters. The molecule has 0 bridgehead atoms. The van der Waals surface area contributed by atoms with E-state index in [4.69, 9.17) is 35.3 Å². The van der Waals surface area contributed by atoms with Crippen molar-refractivity contribution >= 4 is 35.5 Å². The molecule has 2 aliphatic heterocycles. The predicted octanol–water partition coefficient (Wildman–Crippen LogP) is 1.99. The lowest BCUT2D eigenvalue weighted by atomic mass is 9.55. The number of epoxide rings is 1. The number of carbonyl (C=O) groups excluding carboxylic acids is 4. The number of halogens is 1. The SMILES string of the molecule is C=C1CC[C@H](OC(C)=O)[C@]2(C)[C@@H](OC(C)=O)/C=C/[C@]3(CO3)[C@H](Cl)[C@@H]3OC(=O)[C@H](C)[C@@]3(O)[C@@H](OC(C)=O)[C@@H]12. The van der Waals surface area contributed by atoms with Gasteiger partial charge >= 0.3 is 23.9 Å². The molecule has 0 radical (unpaired) electrons. The van der Waals surface area contributed by atoms with Gasteiger partial charge in [-0.2, -0.15) is 0 Å². The van der Waals surface area contributed by atoms with Gasteiger partial charge in [0.1, 0.15) is 29.3 Å². The Hall–Kier alpha value is -2.43. The average Bonchev–Trinajstić information content (AvgIpc) is 3.55. The minimum absolute atomic E-state index is 0.154. The van der Waals surface area contributed by atoms with E-state index in [0.717, 1.165) is 0 Å². The van der Waals surface area contributed by atoms with E-state index in [1.165, 1.54) is 27.7 Å². The van der Waals surface area contributed by atoms with Crippen LogP contribution >= 0.6 is 11.6 Å². The molecule has 3 fully saturated rings. The summed E-state index contributed by atoms with van der Waals surface area (Å²) in [5.41, 5.74) is -3.99. The molecule has 0 aromatic rings. The molecule has 2 heterocycles. The van der Waals surface area contributed by atoms with Gasteiger partial charge in [-0.15, -0.1) is 11.6 Å². The van der Waals surface area contributed by atoms with E-state index in [-0.39, 0.29) is 6.61 Å². The summed E-state index contributed by atoms with van der Waals surface area (Å²) < 4.78 is 28.6. The second-order valence-electron chi connectivity index (χ2n) is 10.7. The van der Waals surface area contributed by atoms with Gasteiger partial charge in [-0.3, -0.25) is 19.2 Å². The van der Waals surface area contributed by atoms with Gasteiger partial charge in [0.2, 0.25) is 0 Å². The Bertz CT molecular complexity index is 1050. The molecule has 2 saturated heterocycles. The molecular weight excluding hydrogens is 508 g/mol. The van der Waals surface area contributed by atoms with Crippen LogP contribution in [0.2, 0.25) is 0 Å². The zero-order valence-electron chi connectivity index (χ0n) is 21.5. The standard InChI is InChI=1S/C26H33ClO10/c1-12-7-8-17(34-14(3)28)24(6)18(35-15(4)29)9-10-25(11-33-25)20(27)22-26(32,13(2)23(31)37-22)21(19(12)24)36-16(5)30/h9-10,13,17-22,32H,1,7-8,11H2,2-6H3/b10-9+/t13-,17-,18-,19+,20+,21-,22-,24+,25-,26+/m0/s1. The molecular formula is C26H33ClO10. The summed E-state index contributed by atoms with van der Waals surface area (Å²) in [6.45, 7) is 11.3. The second kappa shape index (κ2) is 9.39. The van der Waals surface area contributed by atoms with Crippen LogP contribution in [0, 0.1) is 17.3 Å². The smallest absolute Gasteiger partial charge is 0.312 e. The molecule has 1 spiro atoms. The molecule has 0 amide bonds. The highest BCUT2D eigenvalue weighted by Gasteiger charge is 2.72. The lowest BCUT2D eigenvalue weighted by Gasteiger charge is -2.55. The zero-order valence-corrected chi connectivity index (χ0v) is 22.3. The molecule has 10 atom stereocenters. The molecule has 1 saturated carbocycles. The van der Waals surface area contributed by atoms with E-state index >= 15 is 0 Å². The van der Waals surface area contributed by atoms with E-state index in [9.17, 15) is 24.3 Å². The van der Waals surface area contributed by atoms with Crippen molar-refractivity contribution in [3.8, 4) is 0 Å². The summed E-state index contributed by atoms with van der Waals surface area (Å²) in [5.74, 6) is -4.70. The molecule has 37 heavy (non-hydrogen) atoms. The fraction of sp³-hybridized carbons (Fsp3) is 0.692. The number of fused-ring (bicyclic) bond motifs is 2. The van der Waals surface area contributed by atoms with Crippen molar-refractivity contribution in [3.63, 3.8) is 0 Å². The fourth-order valence-electron chi connectivity index (χ4n) is 6.27. The summed E-state index contributed by atoms with van der Waals surface area (Å²) in [6, 6.07) is 0. The Morgan fingerprint density at radius 3 is 2.27 bits per heavy atom. The summed E-state index contributed by atoms with van der Waals surface area (Å²) >= 11 is 6.84. The maximum Gasteiger partial charge on any atom is 0.312 e. The van der Waals surface area contributed by atoms with Crippen LogP contribution in [-0.4, -0.2) is 76.6 Å². The van der Waals surface area contributed by atoms with E-state index in [0.29, 0.717) is 18.4 Å². The lowest BCUT2D eigenvalue weighted by molar-refractivity contribution is -0.218. The van der Waals surface area contributed by atoms with Gasteiger partial charge in [0.25, 0.3) is 0 Å². The first-order valence-electron chi connectivity index (χ1n) is 12.3. The molecule has 2 aliphatic carbocycles. The number of ether oxygens (including phenoxy) is 5. The fourth-order valence-corrected chi connectivity index (χ4v) is 6.72. The third-order valence-electron chi connectivity index (χ3n) is 8.31. The van der Waals surface area contributed by atoms with Crippen LogP contribution < -0.4 is 0 Å². The molecule has 4 aliphatic rings. The molecule has 4 rings (SSSR count). The van der Waals surface area contributed by atoms with Crippen LogP contribution in [-0.2, 0) is 42.9 Å². The number of alkyl halides is 1. The highest BCUT2D eigenvalue weighted by atomic mass is 35.5. The minimum Gasteiger partial charge on any atom is -0.462 e. The molecule has 1 N–H and O–H groups in total. The van der Waals surface area contributed by atoms with Gasteiger partial charge < -0.3 is 28.8 Å². The third-order valence-corrected chi connectivity index (χ3v) is 8.90. The summed E-state index contributed by atoms with van der Waals surface area (Å²) in [4.78, 5) is 49.8. The number of esters is 4. The monoisotopic (exact) mass is 540 g/mol. The molecule has 10 nitrogen and oxygen atoms in total. The Balaban J connectivity index is 2.03. The first kappa shape index (κ1) is 27.6. The average molecular weight is 541 g/mol. The van der Waals surface area contributed by atoms with Crippen molar-refractivity contribution in [2.24, 2.45) is 17.3 Å². The van der Waals surface area contributed by atoms with Crippen molar-refractivity contribution in [2.45, 2.75) is 88.5 Å². The Labute approximate surface area is 220 Å². The van der Waals surface area contributed by atoms with Crippen LogP contribution in [0.15, 0.2) is 24.3 Å². The van der Waals surface area contributed by atoms with Gasteiger partial charge in [-0.1, -0.05) is 19.1 Å². The summed E-state index contributed by atoms with van der Waals surface area (Å²) in [7, 11) is 0. The van der Waals surface area contributed by atoms with Gasteiger partial charge in [0.05, 0.1) is 17.9 Å². The third kappa shape index (κ3) is 4.36. The van der Waals surface area contributed by atoms with Crippen molar-refractivity contribution < 1.29 is 48.0 Å². The maximum absolute atomic E-state index is 12.9. The van der Waals surface area contributed by atoms with Gasteiger partial charge in [-0.05, 0) is 31.9 Å². The number of hydrogen-bond donors (Lipinski definition) is 1. The van der Waals surface area contributed by atoms with Crippen LogP contribution in [0.4, 0.5) is 0 Å². The van der Waals surface area contributed by atoms with Gasteiger partial charge in [0, 0.05) is 26.7 Å². The summed E-state index contributed by atoms with van der Waals surface area (Å²) in [6.07, 6.45) is -0.658. The quantitative estimate of drug-likeness (QED) is 0.186. The number of aliphatic hydroxyl groups is 1. The molecule has 11 heteroatoms. The largest absolute Gasteiger partial charge is 0.462 e. The van der Waals surface area contributed by atoms with Gasteiger partial charge in [-0.25, -0.2) is 0 Å². The maximum atomic E-state index is 12.9. The molecule has 0 aromatic heterocycles. The number of rotatable bonds is 3. The molecule has 0 aromatic carbocycles. The minimum atomic E-state index is -2.12. The van der Waals surface area contributed by atoms with Gasteiger partial charge in [0.15, 0.2) is 11.7 Å². The van der Waals surface area contributed by atoms with E-state index in [1.54, 1.807) is 19.1 Å². The predicted molar refractivity (Wildman–Crippen MR) is 128 cm³/mol. The first-order valence-corrected chi connectivity index (χ1v) is 12.7. The second-order valence-corrected chi connectivity index (χ2v) is 11.1. The van der Waals surface area contributed by atoms with Crippen molar-refractivity contribution in [1.82, 2.24) is 0 Å². The Kier molecular flexibility index (Phi) is 7.01. The normalized spacial score (nSPS) is 45.6. The summed E-state index contributed by atoms with van der Waals surface area (Å²) in [5, 5.41) is 11.3.